The predicted octanol–water partition coefficient (Wildman–Crippen LogP) is 5.42. The lowest BCUT2D eigenvalue weighted by Crippen LogP contribution is -2.26. The Bertz CT molecular complexity index is 943. The van der Waals surface area contributed by atoms with E-state index in [2.05, 4.69) is 40.8 Å². The summed E-state index contributed by atoms with van der Waals surface area (Å²) in [6, 6.07) is 11.2. The average Bonchev–Trinajstić information content (AvgIpc) is 3.14. The molecule has 0 spiro atoms. The number of hydrogen-bond donors (Lipinski definition) is 3. The zero-order valence-corrected chi connectivity index (χ0v) is 19.6. The summed E-state index contributed by atoms with van der Waals surface area (Å²) >= 11 is 0. The summed E-state index contributed by atoms with van der Waals surface area (Å²) in [5, 5.41) is 12.9. The van der Waals surface area contributed by atoms with Crippen LogP contribution in [0, 0.1) is 0 Å². The van der Waals surface area contributed by atoms with Crippen LogP contribution in [-0.4, -0.2) is 39.3 Å². The van der Waals surface area contributed by atoms with Crippen LogP contribution in [0.25, 0.3) is 11.2 Å². The van der Waals surface area contributed by atoms with E-state index in [4.69, 9.17) is 15.7 Å². The van der Waals surface area contributed by atoms with Crippen LogP contribution in [0.5, 0.6) is 5.75 Å². The predicted molar refractivity (Wildman–Crippen MR) is 134 cm³/mol. The van der Waals surface area contributed by atoms with E-state index in [1.165, 1.54) is 38.5 Å². The Morgan fingerprint density at radius 1 is 0.906 bits per heavy atom. The molecule has 1 aromatic carbocycles. The number of pyridine rings is 1. The first-order valence-corrected chi connectivity index (χ1v) is 12.0. The second-order valence-electron chi connectivity index (χ2n) is 8.31. The summed E-state index contributed by atoms with van der Waals surface area (Å²) in [6.45, 7) is 7.90. The van der Waals surface area contributed by atoms with E-state index in [0.717, 1.165) is 54.7 Å². The van der Waals surface area contributed by atoms with E-state index in [9.17, 15) is 5.11 Å². The number of nitrogens with zero attached hydrogens (tertiary/aromatic N) is 4. The molecule has 0 fully saturated rings. The minimum atomic E-state index is 0.240. The van der Waals surface area contributed by atoms with Gasteiger partial charge in [-0.3, -0.25) is 4.57 Å². The van der Waals surface area contributed by atoms with Gasteiger partial charge in [0.2, 0.25) is 5.95 Å². The second kappa shape index (κ2) is 12.3. The first-order valence-electron chi connectivity index (χ1n) is 12.0. The lowest BCUT2D eigenvalue weighted by atomic mass is 10.2. The van der Waals surface area contributed by atoms with Crippen LogP contribution in [0.15, 0.2) is 36.4 Å². The number of unbranched alkanes of at least 4 members (excludes halogenated alkanes) is 4. The van der Waals surface area contributed by atoms with Gasteiger partial charge < -0.3 is 21.1 Å². The van der Waals surface area contributed by atoms with Crippen LogP contribution in [0.2, 0.25) is 0 Å². The first-order chi connectivity index (χ1) is 15.7. The molecule has 32 heavy (non-hydrogen) atoms. The van der Waals surface area contributed by atoms with E-state index in [0.29, 0.717) is 6.54 Å². The van der Waals surface area contributed by atoms with Crippen molar-refractivity contribution >= 4 is 28.6 Å². The Hall–Kier alpha value is -2.80. The van der Waals surface area contributed by atoms with E-state index in [-0.39, 0.29) is 5.75 Å². The molecule has 0 aliphatic heterocycles. The summed E-state index contributed by atoms with van der Waals surface area (Å²) < 4.78 is 2.12. The third kappa shape index (κ3) is 6.36. The highest BCUT2D eigenvalue weighted by Gasteiger charge is 2.15. The van der Waals surface area contributed by atoms with Gasteiger partial charge in [-0.15, -0.1) is 0 Å². The summed E-state index contributed by atoms with van der Waals surface area (Å²) in [6.07, 6.45) is 8.12. The molecule has 3 aromatic rings. The average molecular weight is 439 g/mol. The number of phenols is 1. The van der Waals surface area contributed by atoms with Crippen LogP contribution < -0.4 is 16.0 Å². The molecular formula is C25H38N6O. The number of phenolic OH excluding ortho intramolecular Hbond substituents is 1. The number of hydrogen-bond acceptors (Lipinski definition) is 6. The van der Waals surface area contributed by atoms with Gasteiger partial charge in [0.15, 0.2) is 5.65 Å². The van der Waals surface area contributed by atoms with Gasteiger partial charge in [-0.25, -0.2) is 9.97 Å². The number of imidazole rings is 1. The lowest BCUT2D eigenvalue weighted by molar-refractivity contribution is 0.475. The summed E-state index contributed by atoms with van der Waals surface area (Å²) in [5.41, 5.74) is 8.43. The van der Waals surface area contributed by atoms with Crippen LogP contribution in [-0.2, 0) is 6.54 Å². The highest BCUT2D eigenvalue weighted by molar-refractivity contribution is 5.78. The number of aryl methyl sites for hydroxylation is 1. The minimum Gasteiger partial charge on any atom is -0.508 e. The molecule has 174 valence electrons. The van der Waals surface area contributed by atoms with E-state index < -0.39 is 0 Å². The van der Waals surface area contributed by atoms with E-state index >= 15 is 0 Å². The Balaban J connectivity index is 1.91. The van der Waals surface area contributed by atoms with Gasteiger partial charge in [0, 0.05) is 25.3 Å². The SMILES string of the molecule is CCCCCN(CCCCC)c1ccc2nc(Nc3ccc(O)cc3)n(CCCN)c2n1. The fraction of sp³-hybridized carbons (Fsp3) is 0.520. The number of aromatic nitrogens is 3. The zero-order valence-electron chi connectivity index (χ0n) is 19.6. The molecule has 2 heterocycles. The molecule has 0 atom stereocenters. The molecule has 0 amide bonds. The fourth-order valence-electron chi connectivity index (χ4n) is 3.84. The van der Waals surface area contributed by atoms with Crippen molar-refractivity contribution in [1.82, 2.24) is 14.5 Å². The van der Waals surface area contributed by atoms with E-state index in [1.807, 2.05) is 12.1 Å². The third-order valence-electron chi connectivity index (χ3n) is 5.67. The highest BCUT2D eigenvalue weighted by Crippen LogP contribution is 2.26. The van der Waals surface area contributed by atoms with Crippen molar-refractivity contribution in [3.63, 3.8) is 0 Å². The minimum absolute atomic E-state index is 0.240. The molecular weight excluding hydrogens is 400 g/mol. The summed E-state index contributed by atoms with van der Waals surface area (Å²) in [5.74, 6) is 2.01. The van der Waals surface area contributed by atoms with Gasteiger partial charge in [-0.2, -0.15) is 0 Å². The van der Waals surface area contributed by atoms with Crippen molar-refractivity contribution in [2.24, 2.45) is 5.73 Å². The van der Waals surface area contributed by atoms with Gasteiger partial charge in [-0.05, 0) is 62.2 Å². The molecule has 0 aliphatic carbocycles. The molecule has 7 nitrogen and oxygen atoms in total. The Morgan fingerprint density at radius 3 is 2.22 bits per heavy atom. The standard InChI is InChI=1S/C25H38N6O/c1-3-5-7-17-30(18-8-6-4-2)23-15-14-22-24(29-23)31(19-9-16-26)25(28-22)27-20-10-12-21(32)13-11-20/h10-15,32H,3-9,16-19,26H2,1-2H3,(H,27,28). The molecule has 0 saturated carbocycles. The second-order valence-corrected chi connectivity index (χ2v) is 8.31. The fourth-order valence-corrected chi connectivity index (χ4v) is 3.84. The zero-order chi connectivity index (χ0) is 22.8. The Labute approximate surface area is 191 Å². The van der Waals surface area contributed by atoms with Crippen molar-refractivity contribution in [3.05, 3.63) is 36.4 Å². The van der Waals surface area contributed by atoms with Gasteiger partial charge in [0.1, 0.15) is 17.1 Å². The van der Waals surface area contributed by atoms with Crippen molar-refractivity contribution in [2.75, 3.05) is 29.9 Å². The third-order valence-corrected chi connectivity index (χ3v) is 5.67. The highest BCUT2D eigenvalue weighted by atomic mass is 16.3. The number of rotatable bonds is 14. The quantitative estimate of drug-likeness (QED) is 0.230. The van der Waals surface area contributed by atoms with Crippen molar-refractivity contribution in [2.45, 2.75) is 65.3 Å². The monoisotopic (exact) mass is 438 g/mol. The van der Waals surface area contributed by atoms with Crippen molar-refractivity contribution in [1.29, 1.82) is 0 Å². The Morgan fingerprint density at radius 2 is 1.59 bits per heavy atom. The molecule has 0 unspecified atom stereocenters. The van der Waals surface area contributed by atoms with Crippen LogP contribution in [0.3, 0.4) is 0 Å². The lowest BCUT2D eigenvalue weighted by Gasteiger charge is -2.24. The maximum Gasteiger partial charge on any atom is 0.209 e. The van der Waals surface area contributed by atoms with Crippen LogP contribution in [0.4, 0.5) is 17.5 Å². The summed E-state index contributed by atoms with van der Waals surface area (Å²) in [7, 11) is 0. The van der Waals surface area contributed by atoms with Gasteiger partial charge in [0.25, 0.3) is 0 Å². The molecule has 2 aromatic heterocycles. The smallest absolute Gasteiger partial charge is 0.209 e. The van der Waals surface area contributed by atoms with Gasteiger partial charge in [0.05, 0.1) is 0 Å². The number of anilines is 3. The Kier molecular flexibility index (Phi) is 9.16. The topological polar surface area (TPSA) is 92.2 Å². The van der Waals surface area contributed by atoms with Crippen molar-refractivity contribution in [3.8, 4) is 5.75 Å². The molecule has 0 bridgehead atoms. The number of fused-ring (bicyclic) bond motifs is 1. The van der Waals surface area contributed by atoms with Crippen LogP contribution in [0.1, 0.15) is 58.8 Å². The maximum absolute atomic E-state index is 9.57. The molecule has 0 radical (unpaired) electrons. The normalized spacial score (nSPS) is 11.2. The number of nitrogens with one attached hydrogen (secondary N) is 1. The summed E-state index contributed by atoms with van der Waals surface area (Å²) in [4.78, 5) is 12.3. The first kappa shape index (κ1) is 23.9. The molecule has 7 heteroatoms. The van der Waals surface area contributed by atoms with Gasteiger partial charge in [-0.1, -0.05) is 39.5 Å². The van der Waals surface area contributed by atoms with Gasteiger partial charge >= 0.3 is 0 Å². The maximum atomic E-state index is 9.57. The van der Waals surface area contributed by atoms with Crippen LogP contribution >= 0.6 is 0 Å². The van der Waals surface area contributed by atoms with E-state index in [1.54, 1.807) is 12.1 Å². The molecule has 4 N–H and O–H groups in total. The number of aromatic hydroxyl groups is 1. The number of benzene rings is 1. The largest absolute Gasteiger partial charge is 0.508 e. The molecule has 3 rings (SSSR count). The molecule has 0 saturated heterocycles. The van der Waals surface area contributed by atoms with Crippen molar-refractivity contribution < 1.29 is 5.11 Å². The molecule has 0 aliphatic rings. The number of nitrogens with two attached hydrogens (primary N) is 1.